The van der Waals surface area contributed by atoms with Crippen molar-refractivity contribution in [2.45, 2.75) is 13.3 Å². The molecule has 0 aliphatic rings. The fraction of sp³-hybridized carbons (Fsp3) is 0.364. The van der Waals surface area contributed by atoms with Crippen LogP contribution in [0, 0.1) is 12.7 Å². The average molecular weight is 246 g/mol. The highest BCUT2D eigenvalue weighted by Crippen LogP contribution is 2.24. The molecule has 5 heteroatoms. The Labute approximate surface area is 98.5 Å². The van der Waals surface area contributed by atoms with Crippen LogP contribution in [0.3, 0.4) is 0 Å². The van der Waals surface area contributed by atoms with Gasteiger partial charge in [-0.25, -0.2) is 4.39 Å². The van der Waals surface area contributed by atoms with E-state index in [0.29, 0.717) is 22.8 Å². The summed E-state index contributed by atoms with van der Waals surface area (Å²) >= 11 is 5.91. The first kappa shape index (κ1) is 12.8. The van der Waals surface area contributed by atoms with Crippen molar-refractivity contribution in [1.29, 1.82) is 0 Å². The third-order valence-electron chi connectivity index (χ3n) is 2.12. The summed E-state index contributed by atoms with van der Waals surface area (Å²) in [6, 6.07) is 2.85. The van der Waals surface area contributed by atoms with E-state index < -0.39 is 0 Å². The van der Waals surface area contributed by atoms with E-state index in [-0.39, 0.29) is 18.2 Å². The lowest BCUT2D eigenvalue weighted by Crippen LogP contribution is -2.10. The van der Waals surface area contributed by atoms with Crippen molar-refractivity contribution < 1.29 is 13.9 Å². The number of esters is 1. The van der Waals surface area contributed by atoms with E-state index in [1.807, 2.05) is 0 Å². The first-order chi connectivity index (χ1) is 7.54. The lowest BCUT2D eigenvalue weighted by Gasteiger charge is -2.09. The van der Waals surface area contributed by atoms with E-state index in [2.05, 4.69) is 10.1 Å². The molecule has 0 fully saturated rings. The van der Waals surface area contributed by atoms with E-state index in [1.54, 1.807) is 6.92 Å². The lowest BCUT2D eigenvalue weighted by atomic mass is 10.2. The summed E-state index contributed by atoms with van der Waals surface area (Å²) in [5.41, 5.74) is 0.970. The van der Waals surface area contributed by atoms with Crippen LogP contribution in [0.2, 0.25) is 5.02 Å². The molecule has 3 nitrogen and oxygen atoms in total. The number of aryl methyl sites for hydroxylation is 1. The number of carbonyl (C=O) groups excluding carboxylic acids is 1. The highest BCUT2D eigenvalue weighted by atomic mass is 35.5. The van der Waals surface area contributed by atoms with Crippen molar-refractivity contribution in [3.8, 4) is 0 Å². The molecule has 0 amide bonds. The number of anilines is 1. The van der Waals surface area contributed by atoms with Gasteiger partial charge in [0.2, 0.25) is 0 Å². The zero-order chi connectivity index (χ0) is 12.1. The Hall–Kier alpha value is -1.29. The molecule has 0 bridgehead atoms. The molecule has 16 heavy (non-hydrogen) atoms. The summed E-state index contributed by atoms with van der Waals surface area (Å²) in [7, 11) is 1.32. The van der Waals surface area contributed by atoms with Crippen molar-refractivity contribution >= 4 is 23.3 Å². The molecule has 0 aromatic heterocycles. The molecule has 0 radical (unpaired) electrons. The van der Waals surface area contributed by atoms with Crippen LogP contribution < -0.4 is 5.32 Å². The van der Waals surface area contributed by atoms with Gasteiger partial charge in [-0.3, -0.25) is 4.79 Å². The monoisotopic (exact) mass is 245 g/mol. The molecule has 0 saturated heterocycles. The largest absolute Gasteiger partial charge is 0.469 e. The first-order valence-electron chi connectivity index (χ1n) is 4.81. The second-order valence-corrected chi connectivity index (χ2v) is 3.74. The van der Waals surface area contributed by atoms with Gasteiger partial charge in [-0.1, -0.05) is 11.6 Å². The van der Waals surface area contributed by atoms with Crippen molar-refractivity contribution in [2.24, 2.45) is 0 Å². The molecule has 0 heterocycles. The Morgan fingerprint density at radius 1 is 1.56 bits per heavy atom. The summed E-state index contributed by atoms with van der Waals surface area (Å²) < 4.78 is 17.7. The van der Waals surface area contributed by atoms with Crippen molar-refractivity contribution in [1.82, 2.24) is 0 Å². The van der Waals surface area contributed by atoms with Gasteiger partial charge in [-0.2, -0.15) is 0 Å². The summed E-state index contributed by atoms with van der Waals surface area (Å²) in [5, 5.41) is 3.31. The average Bonchev–Trinajstić information content (AvgIpc) is 2.25. The van der Waals surface area contributed by atoms with Crippen LogP contribution in [0.4, 0.5) is 10.1 Å². The molecule has 0 atom stereocenters. The van der Waals surface area contributed by atoms with Crippen LogP contribution in [0.15, 0.2) is 12.1 Å². The molecular formula is C11H13ClFNO2. The van der Waals surface area contributed by atoms with Gasteiger partial charge in [0.15, 0.2) is 0 Å². The van der Waals surface area contributed by atoms with Crippen LogP contribution in [0.5, 0.6) is 0 Å². The van der Waals surface area contributed by atoms with E-state index >= 15 is 0 Å². The highest BCUT2D eigenvalue weighted by Gasteiger charge is 2.06. The number of hydrogen-bond donors (Lipinski definition) is 1. The fourth-order valence-corrected chi connectivity index (χ4v) is 1.47. The molecule has 0 aliphatic carbocycles. The maximum atomic E-state index is 13.2. The molecule has 0 spiro atoms. The predicted molar refractivity (Wildman–Crippen MR) is 61.3 cm³/mol. The summed E-state index contributed by atoms with van der Waals surface area (Å²) in [6.45, 7) is 1.99. The van der Waals surface area contributed by atoms with Crippen LogP contribution in [0.25, 0.3) is 0 Å². The Bertz CT molecular complexity index is 396. The van der Waals surface area contributed by atoms with Gasteiger partial charge < -0.3 is 10.1 Å². The smallest absolute Gasteiger partial charge is 0.307 e. The molecule has 1 N–H and O–H groups in total. The number of carbonyl (C=O) groups is 1. The molecule has 88 valence electrons. The molecule has 1 aromatic carbocycles. The lowest BCUT2D eigenvalue weighted by molar-refractivity contribution is -0.140. The molecule has 0 unspecified atom stereocenters. The summed E-state index contributed by atoms with van der Waals surface area (Å²) in [6.07, 6.45) is 0.211. The van der Waals surface area contributed by atoms with Crippen molar-refractivity contribution in [2.75, 3.05) is 19.0 Å². The van der Waals surface area contributed by atoms with Crippen molar-refractivity contribution in [3.63, 3.8) is 0 Å². The number of methoxy groups -OCH3 is 1. The van der Waals surface area contributed by atoms with Crippen LogP contribution in [0.1, 0.15) is 12.0 Å². The number of rotatable bonds is 4. The molecule has 0 saturated carbocycles. The third kappa shape index (κ3) is 3.38. The highest BCUT2D eigenvalue weighted by molar-refractivity contribution is 6.33. The van der Waals surface area contributed by atoms with Gasteiger partial charge in [-0.15, -0.1) is 0 Å². The van der Waals surface area contributed by atoms with E-state index in [0.717, 1.165) is 0 Å². The number of hydrogen-bond acceptors (Lipinski definition) is 3. The second kappa shape index (κ2) is 5.70. The maximum absolute atomic E-state index is 13.2. The molecule has 0 aliphatic heterocycles. The predicted octanol–water partition coefficient (Wildman–Crippen LogP) is 2.76. The van der Waals surface area contributed by atoms with E-state index in [9.17, 15) is 9.18 Å². The van der Waals surface area contributed by atoms with Gasteiger partial charge in [0.05, 0.1) is 24.2 Å². The zero-order valence-electron chi connectivity index (χ0n) is 9.14. The summed E-state index contributed by atoms with van der Waals surface area (Å²) in [5.74, 6) is -0.652. The quantitative estimate of drug-likeness (QED) is 0.829. The van der Waals surface area contributed by atoms with Crippen LogP contribution in [-0.4, -0.2) is 19.6 Å². The van der Waals surface area contributed by atoms with Crippen LogP contribution >= 0.6 is 11.6 Å². The minimum Gasteiger partial charge on any atom is -0.469 e. The zero-order valence-corrected chi connectivity index (χ0v) is 9.90. The number of nitrogens with one attached hydrogen (secondary N) is 1. The number of benzene rings is 1. The van der Waals surface area contributed by atoms with Gasteiger partial charge in [0.25, 0.3) is 0 Å². The van der Waals surface area contributed by atoms with Crippen LogP contribution in [-0.2, 0) is 9.53 Å². The standard InChI is InChI=1S/C11H13ClFNO2/c1-7-5-8(12)10(6-9(7)13)14-4-3-11(15)16-2/h5-6,14H,3-4H2,1-2H3. The minimum atomic E-state index is -0.329. The molecular weight excluding hydrogens is 233 g/mol. The van der Waals surface area contributed by atoms with E-state index in [1.165, 1.54) is 19.2 Å². The second-order valence-electron chi connectivity index (χ2n) is 3.33. The Morgan fingerprint density at radius 3 is 2.88 bits per heavy atom. The van der Waals surface area contributed by atoms with Gasteiger partial charge in [-0.05, 0) is 24.6 Å². The Morgan fingerprint density at radius 2 is 2.25 bits per heavy atom. The fourth-order valence-electron chi connectivity index (χ4n) is 1.18. The topological polar surface area (TPSA) is 38.3 Å². The van der Waals surface area contributed by atoms with E-state index in [4.69, 9.17) is 11.6 Å². The van der Waals surface area contributed by atoms with Gasteiger partial charge in [0, 0.05) is 6.54 Å². The Kier molecular flexibility index (Phi) is 4.55. The molecule has 1 aromatic rings. The minimum absolute atomic E-state index is 0.211. The third-order valence-corrected chi connectivity index (χ3v) is 2.43. The summed E-state index contributed by atoms with van der Waals surface area (Å²) in [4.78, 5) is 10.8. The van der Waals surface area contributed by atoms with Gasteiger partial charge >= 0.3 is 5.97 Å². The SMILES string of the molecule is COC(=O)CCNc1cc(F)c(C)cc1Cl. The Balaban J connectivity index is 2.60. The van der Waals surface area contributed by atoms with Crippen molar-refractivity contribution in [3.05, 3.63) is 28.5 Å². The number of ether oxygens (including phenoxy) is 1. The normalized spacial score (nSPS) is 10.0. The molecule has 1 rings (SSSR count). The number of halogens is 2. The van der Waals surface area contributed by atoms with Gasteiger partial charge in [0.1, 0.15) is 5.82 Å². The first-order valence-corrected chi connectivity index (χ1v) is 5.18. The maximum Gasteiger partial charge on any atom is 0.307 e.